The van der Waals surface area contributed by atoms with Gasteiger partial charge < -0.3 is 11.1 Å². The Balaban J connectivity index is 0.00000242. The molecule has 1 amide bonds. The zero-order chi connectivity index (χ0) is 15.2. The summed E-state index contributed by atoms with van der Waals surface area (Å²) in [6.07, 6.45) is 2.36. The molecule has 4 nitrogen and oxygen atoms in total. The number of nitrogens with two attached hydrogens (primary N) is 1. The number of carbonyl (C=O) groups is 1. The standard InChI is InChI=1S/C17H27N3O.2ClH/c1-13(14(2)18)17(21)19-11-16-9-6-10-20(16)12-15-7-4-3-5-8-15;;/h3-5,7-8,13-14,16H,6,9-12,18H2,1-2H3,(H,19,21);2*1H. The molecule has 1 aromatic rings. The molecule has 0 radical (unpaired) electrons. The molecule has 6 heteroatoms. The summed E-state index contributed by atoms with van der Waals surface area (Å²) in [5.41, 5.74) is 7.11. The average molecular weight is 362 g/mol. The van der Waals surface area contributed by atoms with Crippen molar-refractivity contribution in [1.29, 1.82) is 0 Å². The molecule has 0 spiro atoms. The third-order valence-electron chi connectivity index (χ3n) is 4.44. The molecule has 132 valence electrons. The Labute approximate surface area is 152 Å². The van der Waals surface area contributed by atoms with Gasteiger partial charge in [0.05, 0.1) is 0 Å². The van der Waals surface area contributed by atoms with Gasteiger partial charge in [-0.05, 0) is 31.9 Å². The van der Waals surface area contributed by atoms with Crippen LogP contribution < -0.4 is 11.1 Å². The third kappa shape index (κ3) is 6.68. The molecule has 2 rings (SSSR count). The SMILES string of the molecule is CC(N)C(C)C(=O)NCC1CCCN1Cc1ccccc1.Cl.Cl. The molecule has 0 aliphatic carbocycles. The van der Waals surface area contributed by atoms with Crippen LogP contribution in [-0.4, -0.2) is 36.0 Å². The van der Waals surface area contributed by atoms with E-state index in [0.717, 1.165) is 26.1 Å². The van der Waals surface area contributed by atoms with Gasteiger partial charge in [0.1, 0.15) is 0 Å². The molecule has 1 heterocycles. The van der Waals surface area contributed by atoms with E-state index in [1.807, 2.05) is 19.9 Å². The monoisotopic (exact) mass is 361 g/mol. The molecule has 1 fully saturated rings. The van der Waals surface area contributed by atoms with Crippen molar-refractivity contribution in [3.8, 4) is 0 Å². The van der Waals surface area contributed by atoms with Gasteiger partial charge in [0.25, 0.3) is 0 Å². The predicted molar refractivity (Wildman–Crippen MR) is 100 cm³/mol. The topological polar surface area (TPSA) is 58.4 Å². The van der Waals surface area contributed by atoms with Crippen LogP contribution in [0, 0.1) is 5.92 Å². The first-order valence-corrected chi connectivity index (χ1v) is 7.89. The van der Waals surface area contributed by atoms with Crippen molar-refractivity contribution in [2.75, 3.05) is 13.1 Å². The molecule has 3 atom stereocenters. The molecule has 1 aliphatic heterocycles. The average Bonchev–Trinajstić information content (AvgIpc) is 2.92. The van der Waals surface area contributed by atoms with E-state index in [9.17, 15) is 4.79 Å². The van der Waals surface area contributed by atoms with Crippen molar-refractivity contribution in [2.45, 2.75) is 45.3 Å². The van der Waals surface area contributed by atoms with Crippen LogP contribution >= 0.6 is 24.8 Å². The number of benzene rings is 1. The van der Waals surface area contributed by atoms with Crippen molar-refractivity contribution in [3.05, 3.63) is 35.9 Å². The first kappa shape index (κ1) is 22.2. The lowest BCUT2D eigenvalue weighted by Crippen LogP contribution is -2.44. The van der Waals surface area contributed by atoms with Gasteiger partial charge in [0.2, 0.25) is 5.91 Å². The number of carbonyl (C=O) groups excluding carboxylic acids is 1. The van der Waals surface area contributed by atoms with Crippen LogP contribution in [0.4, 0.5) is 0 Å². The highest BCUT2D eigenvalue weighted by atomic mass is 35.5. The Morgan fingerprint density at radius 2 is 1.96 bits per heavy atom. The molecule has 0 saturated carbocycles. The van der Waals surface area contributed by atoms with Crippen molar-refractivity contribution >= 4 is 30.7 Å². The lowest BCUT2D eigenvalue weighted by molar-refractivity contribution is -0.125. The maximum atomic E-state index is 12.0. The highest BCUT2D eigenvalue weighted by Crippen LogP contribution is 2.19. The van der Waals surface area contributed by atoms with Gasteiger partial charge in [-0.2, -0.15) is 0 Å². The molecule has 3 unspecified atom stereocenters. The second kappa shape index (κ2) is 10.9. The van der Waals surface area contributed by atoms with E-state index in [-0.39, 0.29) is 42.7 Å². The minimum absolute atomic E-state index is 0. The highest BCUT2D eigenvalue weighted by molar-refractivity contribution is 5.85. The molecule has 0 aromatic heterocycles. The van der Waals surface area contributed by atoms with E-state index in [2.05, 4.69) is 34.5 Å². The minimum atomic E-state index is -0.131. The number of amides is 1. The van der Waals surface area contributed by atoms with Crippen LogP contribution in [-0.2, 0) is 11.3 Å². The maximum Gasteiger partial charge on any atom is 0.224 e. The van der Waals surface area contributed by atoms with Crippen LogP contribution in [0.5, 0.6) is 0 Å². The normalized spacial score (nSPS) is 20.0. The number of hydrogen-bond acceptors (Lipinski definition) is 3. The fourth-order valence-electron chi connectivity index (χ4n) is 2.77. The van der Waals surface area contributed by atoms with Gasteiger partial charge in [-0.15, -0.1) is 24.8 Å². The lowest BCUT2D eigenvalue weighted by Gasteiger charge is -2.25. The first-order chi connectivity index (χ1) is 10.1. The second-order valence-corrected chi connectivity index (χ2v) is 6.15. The summed E-state index contributed by atoms with van der Waals surface area (Å²) in [7, 11) is 0. The van der Waals surface area contributed by atoms with Crippen molar-refractivity contribution in [3.63, 3.8) is 0 Å². The van der Waals surface area contributed by atoms with Crippen LogP contribution in [0.3, 0.4) is 0 Å². The van der Waals surface area contributed by atoms with Gasteiger partial charge in [0.15, 0.2) is 0 Å². The summed E-state index contributed by atoms with van der Waals surface area (Å²) < 4.78 is 0. The van der Waals surface area contributed by atoms with Crippen LogP contribution in [0.2, 0.25) is 0 Å². The highest BCUT2D eigenvalue weighted by Gasteiger charge is 2.26. The number of likely N-dealkylation sites (tertiary alicyclic amines) is 1. The number of halogens is 2. The first-order valence-electron chi connectivity index (χ1n) is 7.89. The molecule has 1 saturated heterocycles. The van der Waals surface area contributed by atoms with Crippen molar-refractivity contribution in [1.82, 2.24) is 10.2 Å². The summed E-state index contributed by atoms with van der Waals surface area (Å²) >= 11 is 0. The molecular weight excluding hydrogens is 333 g/mol. The summed E-state index contributed by atoms with van der Waals surface area (Å²) in [5.74, 6) is -0.0643. The molecular formula is C17H29Cl2N3O. The minimum Gasteiger partial charge on any atom is -0.354 e. The van der Waals surface area contributed by atoms with Crippen LogP contribution in [0.25, 0.3) is 0 Å². The molecule has 3 N–H and O–H groups in total. The number of hydrogen-bond donors (Lipinski definition) is 2. The summed E-state index contributed by atoms with van der Waals surface area (Å²) in [6, 6.07) is 10.8. The van der Waals surface area contributed by atoms with Gasteiger partial charge in [-0.3, -0.25) is 9.69 Å². The fourth-order valence-corrected chi connectivity index (χ4v) is 2.77. The molecule has 0 bridgehead atoms. The van der Waals surface area contributed by atoms with Crippen molar-refractivity contribution in [2.24, 2.45) is 11.7 Å². The Morgan fingerprint density at radius 3 is 2.57 bits per heavy atom. The van der Waals surface area contributed by atoms with Crippen molar-refractivity contribution < 1.29 is 4.79 Å². The predicted octanol–water partition coefficient (Wildman–Crippen LogP) is 2.59. The second-order valence-electron chi connectivity index (χ2n) is 6.15. The molecule has 23 heavy (non-hydrogen) atoms. The van der Waals surface area contributed by atoms with Gasteiger partial charge in [0, 0.05) is 31.1 Å². The van der Waals surface area contributed by atoms with Gasteiger partial charge >= 0.3 is 0 Å². The number of rotatable bonds is 6. The maximum absolute atomic E-state index is 12.0. The smallest absolute Gasteiger partial charge is 0.224 e. The largest absolute Gasteiger partial charge is 0.354 e. The zero-order valence-corrected chi connectivity index (χ0v) is 15.5. The summed E-state index contributed by atoms with van der Waals surface area (Å²) in [6.45, 7) is 6.56. The van der Waals surface area contributed by atoms with E-state index in [4.69, 9.17) is 5.73 Å². The molecule has 1 aromatic carbocycles. The Kier molecular flexibility index (Phi) is 10.5. The van der Waals surface area contributed by atoms with Crippen LogP contribution in [0.1, 0.15) is 32.3 Å². The lowest BCUT2D eigenvalue weighted by atomic mass is 10.0. The number of nitrogens with zero attached hydrogens (tertiary/aromatic N) is 1. The van der Waals surface area contributed by atoms with E-state index < -0.39 is 0 Å². The molecule has 1 aliphatic rings. The van der Waals surface area contributed by atoms with Crippen LogP contribution in [0.15, 0.2) is 30.3 Å². The van der Waals surface area contributed by atoms with E-state index in [0.29, 0.717) is 6.04 Å². The Bertz CT molecular complexity index is 456. The third-order valence-corrected chi connectivity index (χ3v) is 4.44. The van der Waals surface area contributed by atoms with E-state index in [1.165, 1.54) is 12.0 Å². The van der Waals surface area contributed by atoms with Gasteiger partial charge in [-0.1, -0.05) is 37.3 Å². The fraction of sp³-hybridized carbons (Fsp3) is 0.588. The summed E-state index contributed by atoms with van der Waals surface area (Å²) in [4.78, 5) is 14.5. The quantitative estimate of drug-likeness (QED) is 0.818. The van der Waals surface area contributed by atoms with E-state index in [1.54, 1.807) is 0 Å². The van der Waals surface area contributed by atoms with E-state index >= 15 is 0 Å². The number of nitrogens with one attached hydrogen (secondary N) is 1. The Morgan fingerprint density at radius 1 is 1.30 bits per heavy atom. The Hall–Kier alpha value is -0.810. The zero-order valence-electron chi connectivity index (χ0n) is 13.9. The van der Waals surface area contributed by atoms with Gasteiger partial charge in [-0.25, -0.2) is 0 Å². The summed E-state index contributed by atoms with van der Waals surface area (Å²) in [5, 5.41) is 3.06.